The first-order valence-corrected chi connectivity index (χ1v) is 6.28. The quantitative estimate of drug-likeness (QED) is 0.641. The zero-order valence-electron chi connectivity index (χ0n) is 10.6. The Balaban J connectivity index is 2.11. The maximum atomic E-state index is 5.69. The molecule has 0 N–H and O–H groups in total. The van der Waals surface area contributed by atoms with Gasteiger partial charge in [0, 0.05) is 6.61 Å². The third kappa shape index (κ3) is 4.95. The van der Waals surface area contributed by atoms with Crippen LogP contribution in [-0.4, -0.2) is 19.5 Å². The van der Waals surface area contributed by atoms with Crippen molar-refractivity contribution < 1.29 is 9.47 Å². The van der Waals surface area contributed by atoms with E-state index in [-0.39, 0.29) is 6.29 Å². The van der Waals surface area contributed by atoms with Gasteiger partial charge in [-0.25, -0.2) is 0 Å². The Labute approximate surface area is 99.3 Å². The SMILES string of the molecule is C=C(/C=C\C)C(C)CCOC1CCCCO1. The van der Waals surface area contributed by atoms with E-state index >= 15 is 0 Å². The second-order valence-corrected chi connectivity index (χ2v) is 4.43. The third-order valence-corrected chi connectivity index (χ3v) is 3.01. The largest absolute Gasteiger partial charge is 0.353 e. The van der Waals surface area contributed by atoms with Crippen LogP contribution in [0.4, 0.5) is 0 Å². The number of ether oxygens (including phenoxy) is 2. The molecule has 2 atom stereocenters. The van der Waals surface area contributed by atoms with E-state index in [0.29, 0.717) is 5.92 Å². The Morgan fingerprint density at radius 1 is 1.56 bits per heavy atom. The van der Waals surface area contributed by atoms with Crippen molar-refractivity contribution in [3.05, 3.63) is 24.3 Å². The van der Waals surface area contributed by atoms with Gasteiger partial charge in [-0.2, -0.15) is 0 Å². The van der Waals surface area contributed by atoms with Crippen molar-refractivity contribution in [3.8, 4) is 0 Å². The molecular formula is C14H24O2. The van der Waals surface area contributed by atoms with Crippen molar-refractivity contribution in [1.29, 1.82) is 0 Å². The van der Waals surface area contributed by atoms with E-state index in [1.54, 1.807) is 0 Å². The normalized spacial score (nSPS) is 23.5. The smallest absolute Gasteiger partial charge is 0.157 e. The van der Waals surface area contributed by atoms with Gasteiger partial charge < -0.3 is 9.47 Å². The lowest BCUT2D eigenvalue weighted by Crippen LogP contribution is -2.23. The van der Waals surface area contributed by atoms with Gasteiger partial charge in [-0.15, -0.1) is 0 Å². The molecule has 1 rings (SSSR count). The minimum Gasteiger partial charge on any atom is -0.353 e. The van der Waals surface area contributed by atoms with Crippen LogP contribution in [0.2, 0.25) is 0 Å². The summed E-state index contributed by atoms with van der Waals surface area (Å²) in [5, 5.41) is 0. The second-order valence-electron chi connectivity index (χ2n) is 4.43. The highest BCUT2D eigenvalue weighted by Crippen LogP contribution is 2.17. The zero-order valence-corrected chi connectivity index (χ0v) is 10.6. The summed E-state index contributed by atoms with van der Waals surface area (Å²) in [6, 6.07) is 0. The predicted molar refractivity (Wildman–Crippen MR) is 67.3 cm³/mol. The molecule has 0 radical (unpaired) electrons. The summed E-state index contributed by atoms with van der Waals surface area (Å²) >= 11 is 0. The first kappa shape index (κ1) is 13.5. The molecule has 0 bridgehead atoms. The van der Waals surface area contributed by atoms with Crippen molar-refractivity contribution in [2.24, 2.45) is 5.92 Å². The molecule has 0 aliphatic carbocycles. The van der Waals surface area contributed by atoms with Crippen molar-refractivity contribution in [2.75, 3.05) is 13.2 Å². The van der Waals surface area contributed by atoms with Gasteiger partial charge >= 0.3 is 0 Å². The lowest BCUT2D eigenvalue weighted by Gasteiger charge is -2.23. The fourth-order valence-electron chi connectivity index (χ4n) is 1.78. The highest BCUT2D eigenvalue weighted by atomic mass is 16.7. The maximum Gasteiger partial charge on any atom is 0.157 e. The lowest BCUT2D eigenvalue weighted by molar-refractivity contribution is -0.163. The van der Waals surface area contributed by atoms with Crippen LogP contribution in [0.3, 0.4) is 0 Å². The minimum atomic E-state index is 0.0379. The molecule has 1 fully saturated rings. The summed E-state index contributed by atoms with van der Waals surface area (Å²) in [7, 11) is 0. The molecule has 0 aromatic carbocycles. The van der Waals surface area contributed by atoms with E-state index < -0.39 is 0 Å². The highest BCUT2D eigenvalue weighted by molar-refractivity contribution is 5.16. The third-order valence-electron chi connectivity index (χ3n) is 3.01. The van der Waals surface area contributed by atoms with Crippen LogP contribution in [0.25, 0.3) is 0 Å². The standard InChI is InChI=1S/C14H24O2/c1-4-7-12(2)13(3)9-11-16-14-8-5-6-10-15-14/h4,7,13-14H,2,5-6,8-11H2,1,3H3/b7-4-. The second kappa shape index (κ2) is 7.64. The van der Waals surface area contributed by atoms with Crippen molar-refractivity contribution in [2.45, 2.75) is 45.8 Å². The van der Waals surface area contributed by atoms with Crippen molar-refractivity contribution >= 4 is 0 Å². The Morgan fingerprint density at radius 2 is 2.38 bits per heavy atom. The van der Waals surface area contributed by atoms with Crippen LogP contribution >= 0.6 is 0 Å². The minimum absolute atomic E-state index is 0.0379. The molecule has 1 aliphatic rings. The average Bonchev–Trinajstić information content (AvgIpc) is 2.30. The van der Waals surface area contributed by atoms with Crippen LogP contribution in [-0.2, 0) is 9.47 Å². The lowest BCUT2D eigenvalue weighted by atomic mass is 9.99. The molecule has 16 heavy (non-hydrogen) atoms. The summed E-state index contributed by atoms with van der Waals surface area (Å²) in [6.45, 7) is 9.86. The van der Waals surface area contributed by atoms with E-state index in [0.717, 1.165) is 26.1 Å². The number of rotatable bonds is 6. The monoisotopic (exact) mass is 224 g/mol. The van der Waals surface area contributed by atoms with Gasteiger partial charge in [-0.1, -0.05) is 31.2 Å². The summed E-state index contributed by atoms with van der Waals surface area (Å²) in [6.07, 6.45) is 8.61. The molecule has 0 saturated carbocycles. The van der Waals surface area contributed by atoms with Gasteiger partial charge in [-0.3, -0.25) is 0 Å². The average molecular weight is 224 g/mol. The molecule has 0 aromatic heterocycles. The topological polar surface area (TPSA) is 18.5 Å². The summed E-state index contributed by atoms with van der Waals surface area (Å²) in [5.41, 5.74) is 1.18. The zero-order chi connectivity index (χ0) is 11.8. The van der Waals surface area contributed by atoms with Crippen LogP contribution in [0.1, 0.15) is 39.5 Å². The van der Waals surface area contributed by atoms with Crippen LogP contribution in [0, 0.1) is 5.92 Å². The van der Waals surface area contributed by atoms with Crippen molar-refractivity contribution in [1.82, 2.24) is 0 Å². The first-order chi connectivity index (χ1) is 7.74. The Hall–Kier alpha value is -0.600. The van der Waals surface area contributed by atoms with Gasteiger partial charge in [0.15, 0.2) is 6.29 Å². The van der Waals surface area contributed by atoms with E-state index in [9.17, 15) is 0 Å². The molecule has 2 heteroatoms. The summed E-state index contributed by atoms with van der Waals surface area (Å²) < 4.78 is 11.2. The number of hydrogen-bond acceptors (Lipinski definition) is 2. The molecule has 2 unspecified atom stereocenters. The maximum absolute atomic E-state index is 5.69. The fourth-order valence-corrected chi connectivity index (χ4v) is 1.78. The Bertz CT molecular complexity index is 227. The van der Waals surface area contributed by atoms with Crippen molar-refractivity contribution in [3.63, 3.8) is 0 Å². The van der Waals surface area contributed by atoms with Gasteiger partial charge in [0.1, 0.15) is 0 Å². The van der Waals surface area contributed by atoms with Gasteiger partial charge in [0.2, 0.25) is 0 Å². The molecule has 0 spiro atoms. The van der Waals surface area contributed by atoms with Crippen LogP contribution < -0.4 is 0 Å². The molecule has 2 nitrogen and oxygen atoms in total. The number of hydrogen-bond donors (Lipinski definition) is 0. The number of allylic oxidation sites excluding steroid dienone is 3. The van der Waals surface area contributed by atoms with E-state index in [1.807, 2.05) is 13.0 Å². The fraction of sp³-hybridized carbons (Fsp3) is 0.714. The molecule has 92 valence electrons. The van der Waals surface area contributed by atoms with E-state index in [2.05, 4.69) is 19.6 Å². The first-order valence-electron chi connectivity index (χ1n) is 6.28. The Morgan fingerprint density at radius 3 is 3.00 bits per heavy atom. The molecule has 1 heterocycles. The highest BCUT2D eigenvalue weighted by Gasteiger charge is 2.14. The molecule has 1 saturated heterocycles. The van der Waals surface area contributed by atoms with Gasteiger partial charge in [0.05, 0.1) is 6.61 Å². The molecular weight excluding hydrogens is 200 g/mol. The summed E-state index contributed by atoms with van der Waals surface area (Å²) in [5.74, 6) is 0.486. The van der Waals surface area contributed by atoms with E-state index in [1.165, 1.54) is 18.4 Å². The van der Waals surface area contributed by atoms with Crippen LogP contribution in [0.5, 0.6) is 0 Å². The van der Waals surface area contributed by atoms with E-state index in [4.69, 9.17) is 9.47 Å². The Kier molecular flexibility index (Phi) is 6.43. The van der Waals surface area contributed by atoms with Gasteiger partial charge in [-0.05, 0) is 38.5 Å². The molecule has 1 aliphatic heterocycles. The molecule has 0 aromatic rings. The summed E-state index contributed by atoms with van der Waals surface area (Å²) in [4.78, 5) is 0. The van der Waals surface area contributed by atoms with Crippen LogP contribution in [0.15, 0.2) is 24.3 Å². The predicted octanol–water partition coefficient (Wildman–Crippen LogP) is 3.69. The van der Waals surface area contributed by atoms with Gasteiger partial charge in [0.25, 0.3) is 0 Å². The molecule has 0 amide bonds.